The second-order valence-electron chi connectivity index (χ2n) is 9.42. The molecule has 3 heterocycles. The van der Waals surface area contributed by atoms with Crippen LogP contribution in [-0.4, -0.2) is 89.6 Å². The Labute approximate surface area is 185 Å². The monoisotopic (exact) mass is 429 g/mol. The summed E-state index contributed by atoms with van der Waals surface area (Å²) in [5.41, 5.74) is 0.381. The van der Waals surface area contributed by atoms with E-state index in [0.29, 0.717) is 30.5 Å². The molecule has 3 amide bonds. The van der Waals surface area contributed by atoms with Crippen LogP contribution in [0.2, 0.25) is 0 Å². The Bertz CT molecular complexity index is 811. The van der Waals surface area contributed by atoms with Crippen molar-refractivity contribution in [1.82, 2.24) is 25.0 Å². The number of hydrogen-bond acceptors (Lipinski definition) is 5. The van der Waals surface area contributed by atoms with Gasteiger partial charge in [0.15, 0.2) is 0 Å². The van der Waals surface area contributed by atoms with Crippen LogP contribution in [-0.2, 0) is 0 Å². The lowest BCUT2D eigenvalue weighted by Gasteiger charge is -2.41. The van der Waals surface area contributed by atoms with E-state index in [-0.39, 0.29) is 19.5 Å². The summed E-state index contributed by atoms with van der Waals surface area (Å²) in [7, 11) is 0. The van der Waals surface area contributed by atoms with E-state index >= 15 is 0 Å². The number of urea groups is 1. The van der Waals surface area contributed by atoms with Crippen molar-refractivity contribution in [2.45, 2.75) is 50.7 Å². The maximum absolute atomic E-state index is 12.9. The number of hydrogen-bond donors (Lipinski definition) is 1. The summed E-state index contributed by atoms with van der Waals surface area (Å²) in [4.78, 5) is 35.7. The third-order valence-corrected chi connectivity index (χ3v) is 7.03. The fourth-order valence-electron chi connectivity index (χ4n) is 4.57. The summed E-state index contributed by atoms with van der Waals surface area (Å²) in [6.07, 6.45) is 9.01. The van der Waals surface area contributed by atoms with Gasteiger partial charge in [-0.1, -0.05) is 6.42 Å². The molecule has 0 atom stereocenters. The van der Waals surface area contributed by atoms with E-state index < -0.39 is 0 Å². The number of nitrogens with one attached hydrogen (secondary N) is 1. The standard InChI is InChI=1S/C23H33N5O3.H2/c29-22(25-14-17-5-6-17)21-13-19(7-8-24-21)31-20-15-28(16-20)23(30)27-10-2-9-26(11-12-27)18-3-1-4-18;/h7-8,13,17-18,20H,1-6,9-12,14-16H2,(H,25,29);1H. The average molecular weight is 430 g/mol. The van der Waals surface area contributed by atoms with Crippen LogP contribution in [0.4, 0.5) is 4.79 Å². The molecule has 1 aromatic heterocycles. The largest absolute Gasteiger partial charge is 0.487 e. The third kappa shape index (κ3) is 4.95. The first-order valence-corrected chi connectivity index (χ1v) is 11.8. The van der Waals surface area contributed by atoms with Crippen molar-refractivity contribution in [1.29, 1.82) is 0 Å². The molecule has 5 rings (SSSR count). The molecule has 31 heavy (non-hydrogen) atoms. The van der Waals surface area contributed by atoms with Gasteiger partial charge in [-0.3, -0.25) is 14.7 Å². The number of carbonyl (C=O) groups is 2. The van der Waals surface area contributed by atoms with Gasteiger partial charge in [0.1, 0.15) is 17.5 Å². The number of nitrogens with zero attached hydrogens (tertiary/aromatic N) is 4. The topological polar surface area (TPSA) is 78.0 Å². The lowest BCUT2D eigenvalue weighted by molar-refractivity contribution is 0.0307. The number of rotatable bonds is 6. The van der Waals surface area contributed by atoms with Crippen molar-refractivity contribution in [2.75, 3.05) is 45.8 Å². The number of amides is 3. The fourth-order valence-corrected chi connectivity index (χ4v) is 4.57. The van der Waals surface area contributed by atoms with Gasteiger partial charge >= 0.3 is 6.03 Å². The molecule has 170 valence electrons. The van der Waals surface area contributed by atoms with E-state index in [9.17, 15) is 9.59 Å². The molecule has 4 fully saturated rings. The van der Waals surface area contributed by atoms with Crippen molar-refractivity contribution in [3.8, 4) is 5.75 Å². The number of carbonyl (C=O) groups excluding carboxylic acids is 2. The highest BCUT2D eigenvalue weighted by Crippen LogP contribution is 2.28. The molecule has 0 radical (unpaired) electrons. The number of likely N-dealkylation sites (tertiary alicyclic amines) is 1. The summed E-state index contributed by atoms with van der Waals surface area (Å²) in [5, 5.41) is 2.93. The molecule has 0 bridgehead atoms. The van der Waals surface area contributed by atoms with Crippen LogP contribution in [0.1, 0.15) is 50.4 Å². The van der Waals surface area contributed by atoms with Gasteiger partial charge in [0, 0.05) is 52.5 Å². The summed E-state index contributed by atoms with van der Waals surface area (Å²) in [6.45, 7) is 5.67. The molecule has 2 saturated carbocycles. The maximum Gasteiger partial charge on any atom is 0.320 e. The second kappa shape index (κ2) is 9.02. The van der Waals surface area contributed by atoms with E-state index in [2.05, 4.69) is 15.2 Å². The molecule has 2 aliphatic carbocycles. The second-order valence-corrected chi connectivity index (χ2v) is 9.42. The van der Waals surface area contributed by atoms with E-state index in [1.807, 2.05) is 9.80 Å². The Balaban J connectivity index is 0.00000245. The van der Waals surface area contributed by atoms with Crippen LogP contribution in [0.3, 0.4) is 0 Å². The Hall–Kier alpha value is -2.35. The van der Waals surface area contributed by atoms with Crippen molar-refractivity contribution in [3.05, 3.63) is 24.0 Å². The highest BCUT2D eigenvalue weighted by atomic mass is 16.5. The van der Waals surface area contributed by atoms with Gasteiger partial charge in [-0.15, -0.1) is 0 Å². The third-order valence-electron chi connectivity index (χ3n) is 7.03. The lowest BCUT2D eigenvalue weighted by Crippen LogP contribution is -2.60. The first-order valence-electron chi connectivity index (χ1n) is 11.8. The summed E-state index contributed by atoms with van der Waals surface area (Å²) < 4.78 is 6.00. The molecule has 1 aromatic rings. The number of aromatic nitrogens is 1. The highest BCUT2D eigenvalue weighted by molar-refractivity contribution is 5.92. The van der Waals surface area contributed by atoms with Gasteiger partial charge in [-0.25, -0.2) is 4.79 Å². The van der Waals surface area contributed by atoms with Gasteiger partial charge in [0.05, 0.1) is 13.1 Å². The Morgan fingerprint density at radius 2 is 1.90 bits per heavy atom. The maximum atomic E-state index is 12.9. The van der Waals surface area contributed by atoms with Gasteiger partial charge in [-0.2, -0.15) is 0 Å². The molecule has 4 aliphatic rings. The molecule has 1 N–H and O–H groups in total. The van der Waals surface area contributed by atoms with Crippen molar-refractivity contribution < 1.29 is 15.8 Å². The Kier molecular flexibility index (Phi) is 5.98. The zero-order valence-corrected chi connectivity index (χ0v) is 18.2. The molecule has 2 aliphatic heterocycles. The minimum Gasteiger partial charge on any atom is -0.487 e. The average Bonchev–Trinajstić information content (AvgIpc) is 3.54. The van der Waals surface area contributed by atoms with Gasteiger partial charge < -0.3 is 19.9 Å². The minimum atomic E-state index is -0.153. The van der Waals surface area contributed by atoms with Gasteiger partial charge in [0.25, 0.3) is 5.91 Å². The van der Waals surface area contributed by atoms with Crippen molar-refractivity contribution in [3.63, 3.8) is 0 Å². The van der Waals surface area contributed by atoms with E-state index in [1.54, 1.807) is 18.3 Å². The molecule has 8 heteroatoms. The van der Waals surface area contributed by atoms with Crippen LogP contribution in [0.15, 0.2) is 18.3 Å². The predicted octanol–water partition coefficient (Wildman–Crippen LogP) is 2.21. The normalized spacial score (nSPS) is 23.0. The quantitative estimate of drug-likeness (QED) is 0.750. The van der Waals surface area contributed by atoms with E-state index in [0.717, 1.165) is 45.2 Å². The van der Waals surface area contributed by atoms with Crippen molar-refractivity contribution >= 4 is 11.9 Å². The van der Waals surface area contributed by atoms with E-state index in [4.69, 9.17) is 4.74 Å². The van der Waals surface area contributed by atoms with Crippen molar-refractivity contribution in [2.24, 2.45) is 5.92 Å². The molecular weight excluding hydrogens is 394 g/mol. The molecule has 0 spiro atoms. The zero-order chi connectivity index (χ0) is 21.2. The molecule has 2 saturated heterocycles. The number of pyridine rings is 1. The molecule has 0 aromatic carbocycles. The highest BCUT2D eigenvalue weighted by Gasteiger charge is 2.36. The summed E-state index contributed by atoms with van der Waals surface area (Å²) >= 11 is 0. The Morgan fingerprint density at radius 1 is 1.06 bits per heavy atom. The van der Waals surface area contributed by atoms with Crippen LogP contribution < -0.4 is 10.1 Å². The minimum absolute atomic E-state index is 0. The summed E-state index contributed by atoms with van der Waals surface area (Å²) in [5.74, 6) is 1.11. The smallest absolute Gasteiger partial charge is 0.320 e. The zero-order valence-electron chi connectivity index (χ0n) is 18.2. The van der Waals surface area contributed by atoms with Crippen LogP contribution in [0.5, 0.6) is 5.75 Å². The van der Waals surface area contributed by atoms with Crippen LogP contribution >= 0.6 is 0 Å². The first-order chi connectivity index (χ1) is 15.2. The summed E-state index contributed by atoms with van der Waals surface area (Å²) in [6, 6.07) is 4.34. The Morgan fingerprint density at radius 3 is 2.65 bits per heavy atom. The van der Waals surface area contributed by atoms with E-state index in [1.165, 1.54) is 32.1 Å². The lowest BCUT2D eigenvalue weighted by atomic mass is 9.91. The SMILES string of the molecule is O=C(NCC1CC1)c1cc(OC2CN(C(=O)N3CCCN(C4CCC4)CC3)C2)ccn1.[HH]. The van der Waals surface area contributed by atoms with Gasteiger partial charge in [0.2, 0.25) is 0 Å². The predicted molar refractivity (Wildman–Crippen MR) is 118 cm³/mol. The number of ether oxygens (including phenoxy) is 1. The van der Waals surface area contributed by atoms with Gasteiger partial charge in [-0.05, 0) is 44.1 Å². The molecule has 8 nitrogen and oxygen atoms in total. The fraction of sp³-hybridized carbons (Fsp3) is 0.696. The molecule has 0 unspecified atom stereocenters. The van der Waals surface area contributed by atoms with Crippen LogP contribution in [0, 0.1) is 5.92 Å². The van der Waals surface area contributed by atoms with Crippen LogP contribution in [0.25, 0.3) is 0 Å². The molecular formula is C23H35N5O3. The first kappa shape index (κ1) is 20.5.